The van der Waals surface area contributed by atoms with E-state index >= 15 is 0 Å². The van der Waals surface area contributed by atoms with E-state index in [1.807, 2.05) is 30.3 Å². The second-order valence-electron chi connectivity index (χ2n) is 4.61. The second-order valence-corrected chi connectivity index (χ2v) is 4.61. The van der Waals surface area contributed by atoms with Crippen molar-refractivity contribution in [2.45, 2.75) is 25.3 Å². The van der Waals surface area contributed by atoms with Gasteiger partial charge in [0.2, 0.25) is 5.89 Å². The third kappa shape index (κ3) is 3.12. The highest BCUT2D eigenvalue weighted by Gasteiger charge is 2.22. The van der Waals surface area contributed by atoms with Gasteiger partial charge in [0.25, 0.3) is 0 Å². The van der Waals surface area contributed by atoms with E-state index in [2.05, 4.69) is 15.5 Å². The van der Waals surface area contributed by atoms with Gasteiger partial charge in [0.15, 0.2) is 5.82 Å². The summed E-state index contributed by atoms with van der Waals surface area (Å²) in [5, 5.41) is 7.33. The molecule has 0 radical (unpaired) electrons. The average molecular weight is 259 g/mol. The van der Waals surface area contributed by atoms with Crippen LogP contribution in [-0.4, -0.2) is 23.3 Å². The first-order chi connectivity index (χ1) is 9.42. The lowest BCUT2D eigenvalue weighted by Gasteiger charge is -2.03. The zero-order valence-electron chi connectivity index (χ0n) is 10.7. The van der Waals surface area contributed by atoms with Gasteiger partial charge in [-0.2, -0.15) is 4.98 Å². The Hall–Kier alpha value is -1.88. The van der Waals surface area contributed by atoms with Crippen molar-refractivity contribution in [3.05, 3.63) is 42.0 Å². The standard InChI is InChI=1S/C14H17N3O2/c1-2-5-11(6-3-1)18-10-8-13-16-14(19-17-13)12-7-4-9-15-12/h1-3,5-6,12,15H,4,7-10H2/t12-/m1/s1. The van der Waals surface area contributed by atoms with Gasteiger partial charge in [-0.1, -0.05) is 23.4 Å². The fraction of sp³-hybridized carbons (Fsp3) is 0.429. The van der Waals surface area contributed by atoms with Crippen molar-refractivity contribution in [2.24, 2.45) is 0 Å². The van der Waals surface area contributed by atoms with Crippen LogP contribution in [0.4, 0.5) is 0 Å². The smallest absolute Gasteiger partial charge is 0.243 e. The van der Waals surface area contributed by atoms with Crippen LogP contribution in [0.5, 0.6) is 5.75 Å². The maximum absolute atomic E-state index is 5.61. The van der Waals surface area contributed by atoms with Gasteiger partial charge in [0, 0.05) is 6.42 Å². The molecule has 19 heavy (non-hydrogen) atoms. The number of ether oxygens (including phenoxy) is 1. The Morgan fingerprint density at radius 3 is 3.00 bits per heavy atom. The third-order valence-electron chi connectivity index (χ3n) is 3.18. The van der Waals surface area contributed by atoms with Crippen LogP contribution in [0.2, 0.25) is 0 Å². The monoisotopic (exact) mass is 259 g/mol. The van der Waals surface area contributed by atoms with Crippen LogP contribution in [-0.2, 0) is 6.42 Å². The van der Waals surface area contributed by atoms with Crippen molar-refractivity contribution < 1.29 is 9.26 Å². The molecule has 1 N–H and O–H groups in total. The number of benzene rings is 1. The zero-order chi connectivity index (χ0) is 12.9. The van der Waals surface area contributed by atoms with Gasteiger partial charge in [-0.3, -0.25) is 0 Å². The molecule has 1 aliphatic heterocycles. The lowest BCUT2D eigenvalue weighted by molar-refractivity contribution is 0.311. The van der Waals surface area contributed by atoms with Gasteiger partial charge in [-0.05, 0) is 31.5 Å². The molecule has 2 aromatic rings. The molecular weight excluding hydrogens is 242 g/mol. The molecule has 2 heterocycles. The Labute approximate surface area is 112 Å². The molecule has 1 aromatic carbocycles. The summed E-state index contributed by atoms with van der Waals surface area (Å²) < 4.78 is 10.9. The van der Waals surface area contributed by atoms with Crippen LogP contribution < -0.4 is 10.1 Å². The summed E-state index contributed by atoms with van der Waals surface area (Å²) in [4.78, 5) is 4.40. The Kier molecular flexibility index (Phi) is 3.74. The first-order valence-corrected chi connectivity index (χ1v) is 6.65. The quantitative estimate of drug-likeness (QED) is 0.891. The molecule has 100 valence electrons. The van der Waals surface area contributed by atoms with Crippen LogP contribution in [0.25, 0.3) is 0 Å². The lowest BCUT2D eigenvalue weighted by atomic mass is 10.2. The number of aromatic nitrogens is 2. The first-order valence-electron chi connectivity index (χ1n) is 6.65. The van der Waals surface area contributed by atoms with Crippen LogP contribution in [0, 0.1) is 0 Å². The van der Waals surface area contributed by atoms with E-state index in [0.717, 1.165) is 18.7 Å². The molecule has 1 saturated heterocycles. The zero-order valence-corrected chi connectivity index (χ0v) is 10.7. The van der Waals surface area contributed by atoms with Gasteiger partial charge in [0.1, 0.15) is 5.75 Å². The van der Waals surface area contributed by atoms with Crippen LogP contribution >= 0.6 is 0 Å². The molecule has 1 fully saturated rings. The van der Waals surface area contributed by atoms with Crippen molar-refractivity contribution in [3.63, 3.8) is 0 Å². The van der Waals surface area contributed by atoms with E-state index in [1.54, 1.807) is 0 Å². The molecule has 5 heteroatoms. The van der Waals surface area contributed by atoms with Gasteiger partial charge >= 0.3 is 0 Å². The highest BCUT2D eigenvalue weighted by atomic mass is 16.5. The molecular formula is C14H17N3O2. The Morgan fingerprint density at radius 2 is 2.21 bits per heavy atom. The summed E-state index contributed by atoms with van der Waals surface area (Å²) in [6, 6.07) is 9.97. The normalized spacial score (nSPS) is 18.6. The fourth-order valence-corrected chi connectivity index (χ4v) is 2.18. The SMILES string of the molecule is c1ccc(OCCc2noc([C@H]3CCCN3)n2)cc1. The molecule has 0 bridgehead atoms. The molecule has 0 spiro atoms. The highest BCUT2D eigenvalue weighted by Crippen LogP contribution is 2.21. The molecule has 0 aliphatic carbocycles. The molecule has 5 nitrogen and oxygen atoms in total. The van der Waals surface area contributed by atoms with Crippen LogP contribution in [0.1, 0.15) is 30.6 Å². The van der Waals surface area contributed by atoms with Gasteiger partial charge in [0.05, 0.1) is 12.6 Å². The minimum atomic E-state index is 0.233. The van der Waals surface area contributed by atoms with Crippen molar-refractivity contribution in [2.75, 3.05) is 13.2 Å². The maximum atomic E-state index is 5.61. The van der Waals surface area contributed by atoms with E-state index in [4.69, 9.17) is 9.26 Å². The summed E-state index contributed by atoms with van der Waals surface area (Å²) in [6.45, 7) is 1.58. The second kappa shape index (κ2) is 5.84. The van der Waals surface area contributed by atoms with E-state index < -0.39 is 0 Å². The number of nitrogens with zero attached hydrogens (tertiary/aromatic N) is 2. The Morgan fingerprint density at radius 1 is 1.32 bits per heavy atom. The minimum Gasteiger partial charge on any atom is -0.493 e. The summed E-state index contributed by atoms with van der Waals surface area (Å²) in [5.41, 5.74) is 0. The van der Waals surface area contributed by atoms with E-state index in [9.17, 15) is 0 Å². The highest BCUT2D eigenvalue weighted by molar-refractivity contribution is 5.20. The number of hydrogen-bond acceptors (Lipinski definition) is 5. The molecule has 3 rings (SSSR count). The molecule has 0 amide bonds. The molecule has 1 aromatic heterocycles. The summed E-state index contributed by atoms with van der Waals surface area (Å²) >= 11 is 0. The van der Waals surface area contributed by atoms with Crippen molar-refractivity contribution in [1.29, 1.82) is 0 Å². The summed E-state index contributed by atoms with van der Waals surface area (Å²) in [7, 11) is 0. The van der Waals surface area contributed by atoms with Crippen molar-refractivity contribution in [3.8, 4) is 5.75 Å². The van der Waals surface area contributed by atoms with Crippen LogP contribution in [0.15, 0.2) is 34.9 Å². The maximum Gasteiger partial charge on any atom is 0.243 e. The lowest BCUT2D eigenvalue weighted by Crippen LogP contribution is -2.13. The van der Waals surface area contributed by atoms with Gasteiger partial charge in [-0.25, -0.2) is 0 Å². The topological polar surface area (TPSA) is 60.2 Å². The molecule has 0 unspecified atom stereocenters. The van der Waals surface area contributed by atoms with Gasteiger partial charge in [-0.15, -0.1) is 0 Å². The molecule has 1 aliphatic rings. The van der Waals surface area contributed by atoms with Crippen molar-refractivity contribution >= 4 is 0 Å². The van der Waals surface area contributed by atoms with Crippen LogP contribution in [0.3, 0.4) is 0 Å². The summed E-state index contributed by atoms with van der Waals surface area (Å²) in [6.07, 6.45) is 2.90. The summed E-state index contributed by atoms with van der Waals surface area (Å²) in [5.74, 6) is 2.27. The number of nitrogens with one attached hydrogen (secondary N) is 1. The van der Waals surface area contributed by atoms with Gasteiger partial charge < -0.3 is 14.6 Å². The van der Waals surface area contributed by atoms with E-state index in [0.29, 0.717) is 24.7 Å². The van der Waals surface area contributed by atoms with E-state index in [-0.39, 0.29) is 6.04 Å². The largest absolute Gasteiger partial charge is 0.493 e. The Balaban J connectivity index is 1.50. The number of rotatable bonds is 5. The fourth-order valence-electron chi connectivity index (χ4n) is 2.18. The predicted molar refractivity (Wildman–Crippen MR) is 69.9 cm³/mol. The minimum absolute atomic E-state index is 0.233. The first kappa shape index (κ1) is 12.2. The predicted octanol–water partition coefficient (Wildman–Crippen LogP) is 2.12. The van der Waals surface area contributed by atoms with E-state index in [1.165, 1.54) is 6.42 Å². The number of para-hydroxylation sites is 1. The molecule has 0 saturated carbocycles. The molecule has 1 atom stereocenters. The van der Waals surface area contributed by atoms with Crippen molar-refractivity contribution in [1.82, 2.24) is 15.5 Å². The number of hydrogen-bond donors (Lipinski definition) is 1. The average Bonchev–Trinajstić information content (AvgIpc) is 3.10. The Bertz CT molecular complexity index is 506. The third-order valence-corrected chi connectivity index (χ3v) is 3.18.